The number of amides is 1. The summed E-state index contributed by atoms with van der Waals surface area (Å²) in [6.07, 6.45) is 1.70. The van der Waals surface area contributed by atoms with E-state index in [1.54, 1.807) is 13.8 Å². The van der Waals surface area contributed by atoms with Gasteiger partial charge in [-0.25, -0.2) is 0 Å². The van der Waals surface area contributed by atoms with Crippen molar-refractivity contribution < 1.29 is 4.79 Å². The Labute approximate surface area is 145 Å². The van der Waals surface area contributed by atoms with E-state index >= 15 is 0 Å². The lowest BCUT2D eigenvalue weighted by Crippen LogP contribution is -2.25. The molecular weight excluding hydrogens is 324 g/mol. The molecule has 0 aliphatic rings. The van der Waals surface area contributed by atoms with Crippen LogP contribution in [0.15, 0.2) is 28.2 Å². The van der Waals surface area contributed by atoms with Crippen molar-refractivity contribution in [2.45, 2.75) is 50.9 Å². The minimum absolute atomic E-state index is 0.126. The number of thioether (sulfide) groups is 1. The van der Waals surface area contributed by atoms with E-state index in [2.05, 4.69) is 34.3 Å². The van der Waals surface area contributed by atoms with Gasteiger partial charge in [0.15, 0.2) is 5.16 Å². The van der Waals surface area contributed by atoms with Crippen molar-refractivity contribution in [1.29, 1.82) is 0 Å². The number of rotatable bonds is 6. The van der Waals surface area contributed by atoms with E-state index in [1.165, 1.54) is 11.8 Å². The summed E-state index contributed by atoms with van der Waals surface area (Å²) in [5, 5.41) is 10.7. The van der Waals surface area contributed by atoms with Gasteiger partial charge in [-0.3, -0.25) is 14.6 Å². The molecule has 0 fully saturated rings. The Kier molecular flexibility index (Phi) is 6.14. The number of anilines is 1. The predicted molar refractivity (Wildman–Crippen MR) is 96.5 cm³/mol. The first-order valence-electron chi connectivity index (χ1n) is 7.98. The number of carbonyl (C=O) groups is 1. The van der Waals surface area contributed by atoms with E-state index in [0.29, 0.717) is 10.9 Å². The molecule has 0 aliphatic carbocycles. The fourth-order valence-corrected chi connectivity index (χ4v) is 3.02. The fourth-order valence-electron chi connectivity index (χ4n) is 2.28. The highest BCUT2D eigenvalue weighted by atomic mass is 32.2. The third kappa shape index (κ3) is 4.23. The number of carbonyl (C=O) groups excluding carboxylic acids is 1. The lowest BCUT2D eigenvalue weighted by Gasteiger charge is -2.16. The zero-order chi connectivity index (χ0) is 17.7. The molecule has 1 atom stereocenters. The van der Waals surface area contributed by atoms with Crippen molar-refractivity contribution in [2.75, 3.05) is 5.32 Å². The molecular formula is C17H22N4O2S. The van der Waals surface area contributed by atoms with Gasteiger partial charge in [-0.15, -0.1) is 10.2 Å². The summed E-state index contributed by atoms with van der Waals surface area (Å²) < 4.78 is 0. The first-order valence-corrected chi connectivity index (χ1v) is 8.86. The third-order valence-corrected chi connectivity index (χ3v) is 4.72. The molecule has 0 bridgehead atoms. The highest BCUT2D eigenvalue weighted by Crippen LogP contribution is 2.25. The Morgan fingerprint density at radius 3 is 2.42 bits per heavy atom. The van der Waals surface area contributed by atoms with Gasteiger partial charge in [0, 0.05) is 5.69 Å². The average molecular weight is 346 g/mol. The van der Waals surface area contributed by atoms with Crippen LogP contribution in [0.5, 0.6) is 0 Å². The lowest BCUT2D eigenvalue weighted by atomic mass is 10.0. The normalized spacial score (nSPS) is 12.0. The maximum Gasteiger partial charge on any atom is 0.273 e. The highest BCUT2D eigenvalue weighted by molar-refractivity contribution is 8.00. The molecule has 2 rings (SSSR count). The van der Waals surface area contributed by atoms with Gasteiger partial charge in [-0.05, 0) is 37.8 Å². The highest BCUT2D eigenvalue weighted by Gasteiger charge is 2.18. The number of H-pyrrole nitrogens is 1. The van der Waals surface area contributed by atoms with E-state index in [0.717, 1.165) is 29.7 Å². The summed E-state index contributed by atoms with van der Waals surface area (Å²) in [6.45, 7) is 7.49. The number of hydrogen-bond donors (Lipinski definition) is 2. The molecule has 1 aromatic carbocycles. The molecule has 24 heavy (non-hydrogen) atoms. The predicted octanol–water partition coefficient (Wildman–Crippen LogP) is 2.72. The molecule has 0 radical (unpaired) electrons. The van der Waals surface area contributed by atoms with Crippen LogP contribution in [-0.4, -0.2) is 26.3 Å². The number of benzene rings is 1. The summed E-state index contributed by atoms with van der Waals surface area (Å²) in [6, 6.07) is 6.06. The van der Waals surface area contributed by atoms with E-state index in [1.807, 2.05) is 18.2 Å². The third-order valence-electron chi connectivity index (χ3n) is 3.74. The molecule has 1 heterocycles. The molecule has 0 saturated heterocycles. The van der Waals surface area contributed by atoms with Crippen LogP contribution >= 0.6 is 11.8 Å². The zero-order valence-corrected chi connectivity index (χ0v) is 15.2. The van der Waals surface area contributed by atoms with Gasteiger partial charge in [0.2, 0.25) is 5.91 Å². The molecule has 0 saturated carbocycles. The minimum atomic E-state index is -0.410. The standard InChI is InChI=1S/C17H22N4O2S/c1-5-12-8-7-9-13(6-2)14(12)18-16(23)11(4)24-17-19-15(22)10(3)20-21-17/h7-9,11H,5-6H2,1-4H3,(H,18,23)(H,19,21,22)/t11-/m0/s1. The number of para-hydroxylation sites is 1. The van der Waals surface area contributed by atoms with Crippen LogP contribution in [0.1, 0.15) is 37.6 Å². The first-order chi connectivity index (χ1) is 11.5. The van der Waals surface area contributed by atoms with Gasteiger partial charge >= 0.3 is 0 Å². The Morgan fingerprint density at radius 2 is 1.88 bits per heavy atom. The molecule has 2 aromatic rings. The van der Waals surface area contributed by atoms with Gasteiger partial charge < -0.3 is 5.32 Å². The van der Waals surface area contributed by atoms with Crippen molar-refractivity contribution in [3.8, 4) is 0 Å². The van der Waals surface area contributed by atoms with Crippen LogP contribution in [0.2, 0.25) is 0 Å². The number of aromatic nitrogens is 3. The van der Waals surface area contributed by atoms with Crippen LogP contribution in [-0.2, 0) is 17.6 Å². The van der Waals surface area contributed by atoms with Crippen molar-refractivity contribution >= 4 is 23.4 Å². The number of hydrogen-bond acceptors (Lipinski definition) is 5. The van der Waals surface area contributed by atoms with E-state index in [9.17, 15) is 9.59 Å². The Balaban J connectivity index is 2.14. The van der Waals surface area contributed by atoms with Crippen LogP contribution in [0, 0.1) is 6.92 Å². The van der Waals surface area contributed by atoms with Gasteiger partial charge in [0.25, 0.3) is 5.56 Å². The second kappa shape index (κ2) is 8.10. The minimum Gasteiger partial charge on any atom is -0.325 e. The maximum atomic E-state index is 12.5. The summed E-state index contributed by atoms with van der Waals surface area (Å²) in [5.74, 6) is -0.126. The number of nitrogens with one attached hydrogen (secondary N) is 2. The van der Waals surface area contributed by atoms with E-state index in [4.69, 9.17) is 0 Å². The molecule has 7 heteroatoms. The first kappa shape index (κ1) is 18.2. The summed E-state index contributed by atoms with van der Waals surface area (Å²) in [7, 11) is 0. The Hall–Kier alpha value is -2.15. The molecule has 0 unspecified atom stereocenters. The van der Waals surface area contributed by atoms with Gasteiger partial charge in [-0.1, -0.05) is 43.8 Å². The number of aromatic amines is 1. The zero-order valence-electron chi connectivity index (χ0n) is 14.3. The van der Waals surface area contributed by atoms with Crippen molar-refractivity contribution in [3.05, 3.63) is 45.4 Å². The molecule has 0 spiro atoms. The summed E-state index contributed by atoms with van der Waals surface area (Å²) in [5.41, 5.74) is 3.14. The van der Waals surface area contributed by atoms with Gasteiger partial charge in [0.05, 0.1) is 5.25 Å². The van der Waals surface area contributed by atoms with Crippen LogP contribution < -0.4 is 10.9 Å². The second-order valence-corrected chi connectivity index (χ2v) is 6.78. The van der Waals surface area contributed by atoms with Crippen molar-refractivity contribution in [1.82, 2.24) is 15.2 Å². The Bertz CT molecular complexity index is 766. The maximum absolute atomic E-state index is 12.5. The molecule has 6 nitrogen and oxygen atoms in total. The second-order valence-electron chi connectivity index (χ2n) is 5.45. The van der Waals surface area contributed by atoms with Gasteiger partial charge in [0.1, 0.15) is 5.69 Å². The van der Waals surface area contributed by atoms with Crippen LogP contribution in [0.25, 0.3) is 0 Å². The lowest BCUT2D eigenvalue weighted by molar-refractivity contribution is -0.115. The van der Waals surface area contributed by atoms with Crippen LogP contribution in [0.4, 0.5) is 5.69 Å². The van der Waals surface area contributed by atoms with Crippen molar-refractivity contribution in [3.63, 3.8) is 0 Å². The quantitative estimate of drug-likeness (QED) is 0.785. The molecule has 2 N–H and O–H groups in total. The molecule has 1 aromatic heterocycles. The summed E-state index contributed by atoms with van der Waals surface area (Å²) >= 11 is 1.18. The Morgan fingerprint density at radius 1 is 1.25 bits per heavy atom. The monoisotopic (exact) mass is 346 g/mol. The van der Waals surface area contributed by atoms with E-state index in [-0.39, 0.29) is 11.5 Å². The van der Waals surface area contributed by atoms with E-state index < -0.39 is 5.25 Å². The molecule has 0 aliphatic heterocycles. The molecule has 128 valence electrons. The molecule has 1 amide bonds. The largest absolute Gasteiger partial charge is 0.325 e. The topological polar surface area (TPSA) is 87.7 Å². The number of nitrogens with zero attached hydrogens (tertiary/aromatic N) is 2. The smallest absolute Gasteiger partial charge is 0.273 e. The SMILES string of the molecule is CCc1cccc(CC)c1NC(=O)[C@H](C)Sc1nnc(C)c(=O)[nH]1. The van der Waals surface area contributed by atoms with Crippen molar-refractivity contribution in [2.24, 2.45) is 0 Å². The van der Waals surface area contributed by atoms with Crippen LogP contribution in [0.3, 0.4) is 0 Å². The fraction of sp³-hybridized carbons (Fsp3) is 0.412. The average Bonchev–Trinajstić information content (AvgIpc) is 2.58. The summed E-state index contributed by atoms with van der Waals surface area (Å²) in [4.78, 5) is 26.7. The number of aryl methyl sites for hydroxylation is 3. The van der Waals surface area contributed by atoms with Gasteiger partial charge in [-0.2, -0.15) is 0 Å².